The van der Waals surface area contributed by atoms with Crippen molar-refractivity contribution >= 4 is 44.3 Å². The van der Waals surface area contributed by atoms with E-state index in [2.05, 4.69) is 5.32 Å². The number of nitro groups is 1. The van der Waals surface area contributed by atoms with Crippen LogP contribution in [0.2, 0.25) is 0 Å². The molecule has 29 heavy (non-hydrogen) atoms. The van der Waals surface area contributed by atoms with E-state index in [9.17, 15) is 23.3 Å². The minimum atomic E-state index is -4.42. The van der Waals surface area contributed by atoms with Crippen LogP contribution in [0.4, 0.5) is 10.5 Å². The van der Waals surface area contributed by atoms with Gasteiger partial charge >= 0.3 is 6.03 Å². The van der Waals surface area contributed by atoms with E-state index in [1.54, 1.807) is 24.3 Å². The number of amides is 2. The molecule has 11 heteroatoms. The standard InChI is InChI=1S/C18H20IN3O6S/c1-2-3-6-11-20-18(23)21-29(26,27)17-12-13(22(24)25)9-10-16(17)28-15-8-5-4-7-14(15)19/h4-5,7-10,12H,2-3,6,11H2,1H3,(H2,20,21,23). The number of benzene rings is 2. The topological polar surface area (TPSA) is 128 Å². The molecule has 2 aromatic carbocycles. The van der Waals surface area contributed by atoms with Crippen LogP contribution >= 0.6 is 22.6 Å². The number of halogens is 1. The molecule has 0 aliphatic rings. The van der Waals surface area contributed by atoms with E-state index >= 15 is 0 Å². The van der Waals surface area contributed by atoms with E-state index < -0.39 is 31.6 Å². The molecule has 9 nitrogen and oxygen atoms in total. The number of carbonyl (C=O) groups excluding carboxylic acids is 1. The van der Waals surface area contributed by atoms with Crippen LogP contribution in [-0.4, -0.2) is 25.9 Å². The number of carbonyl (C=O) groups is 1. The smallest absolute Gasteiger partial charge is 0.328 e. The number of hydrogen-bond acceptors (Lipinski definition) is 6. The second-order valence-electron chi connectivity index (χ2n) is 5.99. The summed E-state index contributed by atoms with van der Waals surface area (Å²) in [5.41, 5.74) is -0.441. The molecule has 2 aromatic rings. The van der Waals surface area contributed by atoms with E-state index in [0.717, 1.165) is 25.0 Å². The Morgan fingerprint density at radius 1 is 1.17 bits per heavy atom. The van der Waals surface area contributed by atoms with Crippen LogP contribution in [0.25, 0.3) is 0 Å². The lowest BCUT2D eigenvalue weighted by Crippen LogP contribution is -2.39. The van der Waals surface area contributed by atoms with Crippen molar-refractivity contribution in [2.45, 2.75) is 31.1 Å². The van der Waals surface area contributed by atoms with Gasteiger partial charge in [0.05, 0.1) is 8.49 Å². The van der Waals surface area contributed by atoms with Gasteiger partial charge in [-0.15, -0.1) is 0 Å². The molecular weight excluding hydrogens is 513 g/mol. The average molecular weight is 533 g/mol. The molecule has 0 spiro atoms. The van der Waals surface area contributed by atoms with Crippen LogP contribution in [0.5, 0.6) is 11.5 Å². The van der Waals surface area contributed by atoms with E-state index in [1.165, 1.54) is 6.07 Å². The van der Waals surface area contributed by atoms with E-state index in [0.29, 0.717) is 22.3 Å². The number of nitrogens with zero attached hydrogens (tertiary/aromatic N) is 1. The number of unbranched alkanes of at least 4 members (excludes halogenated alkanes) is 2. The molecule has 0 unspecified atom stereocenters. The normalized spacial score (nSPS) is 11.0. The maximum absolute atomic E-state index is 12.7. The third-order valence-electron chi connectivity index (χ3n) is 3.78. The summed E-state index contributed by atoms with van der Waals surface area (Å²) in [5.74, 6) is 0.244. The second-order valence-corrected chi connectivity index (χ2v) is 8.80. The molecule has 0 saturated heterocycles. The van der Waals surface area contributed by atoms with Crippen LogP contribution in [0, 0.1) is 13.7 Å². The number of rotatable bonds is 9. The Kier molecular flexibility index (Phi) is 8.20. The summed E-state index contributed by atoms with van der Waals surface area (Å²) in [6.45, 7) is 2.32. The molecule has 0 radical (unpaired) electrons. The number of ether oxygens (including phenoxy) is 1. The average Bonchev–Trinajstić information content (AvgIpc) is 2.66. The van der Waals surface area contributed by atoms with Crippen LogP contribution < -0.4 is 14.8 Å². The molecule has 0 aliphatic heterocycles. The van der Waals surface area contributed by atoms with Crippen LogP contribution in [0.1, 0.15) is 26.2 Å². The third-order valence-corrected chi connectivity index (χ3v) is 6.02. The zero-order valence-corrected chi connectivity index (χ0v) is 18.5. The van der Waals surface area contributed by atoms with Crippen molar-refractivity contribution in [1.82, 2.24) is 10.0 Å². The molecule has 0 aliphatic carbocycles. The van der Waals surface area contributed by atoms with Gasteiger partial charge in [0.2, 0.25) is 0 Å². The lowest BCUT2D eigenvalue weighted by Gasteiger charge is -2.14. The van der Waals surface area contributed by atoms with Crippen LogP contribution in [0.15, 0.2) is 47.4 Å². The van der Waals surface area contributed by atoms with Crippen LogP contribution in [0.3, 0.4) is 0 Å². The van der Waals surface area contributed by atoms with Gasteiger partial charge in [-0.05, 0) is 47.2 Å². The second kappa shape index (κ2) is 10.4. The molecule has 2 N–H and O–H groups in total. The lowest BCUT2D eigenvalue weighted by atomic mass is 10.2. The highest BCUT2D eigenvalue weighted by Gasteiger charge is 2.26. The maximum Gasteiger partial charge on any atom is 0.328 e. The minimum absolute atomic E-state index is 0.133. The largest absolute Gasteiger partial charge is 0.455 e. The highest BCUT2D eigenvalue weighted by atomic mass is 127. The zero-order chi connectivity index (χ0) is 21.4. The summed E-state index contributed by atoms with van der Waals surface area (Å²) >= 11 is 2.02. The lowest BCUT2D eigenvalue weighted by molar-refractivity contribution is -0.385. The monoisotopic (exact) mass is 533 g/mol. The first kappa shape index (κ1) is 22.9. The molecule has 0 fully saturated rings. The van der Waals surface area contributed by atoms with Crippen molar-refractivity contribution in [3.05, 3.63) is 56.1 Å². The summed E-state index contributed by atoms with van der Waals surface area (Å²) in [5, 5.41) is 13.6. The molecule has 2 amide bonds. The van der Waals surface area contributed by atoms with Crippen molar-refractivity contribution in [1.29, 1.82) is 0 Å². The predicted octanol–water partition coefficient (Wildman–Crippen LogP) is 4.17. The Morgan fingerprint density at radius 3 is 2.55 bits per heavy atom. The van der Waals surface area contributed by atoms with Crippen molar-refractivity contribution in [2.24, 2.45) is 0 Å². The highest BCUT2D eigenvalue weighted by Crippen LogP contribution is 2.33. The van der Waals surface area contributed by atoms with Crippen molar-refractivity contribution in [3.63, 3.8) is 0 Å². The third kappa shape index (κ3) is 6.56. The minimum Gasteiger partial charge on any atom is -0.455 e. The Labute approximate surface area is 182 Å². The predicted molar refractivity (Wildman–Crippen MR) is 116 cm³/mol. The molecule has 0 bridgehead atoms. The van der Waals surface area contributed by atoms with Gasteiger partial charge in [-0.3, -0.25) is 10.1 Å². The van der Waals surface area contributed by atoms with E-state index in [-0.39, 0.29) is 5.75 Å². The number of non-ortho nitro benzene ring substituents is 1. The SMILES string of the molecule is CCCCCNC(=O)NS(=O)(=O)c1cc([N+](=O)[O-])ccc1Oc1ccccc1I. The number of sulfonamides is 1. The summed E-state index contributed by atoms with van der Waals surface area (Å²) in [7, 11) is -4.42. The first-order valence-electron chi connectivity index (χ1n) is 8.76. The first-order valence-corrected chi connectivity index (χ1v) is 11.3. The van der Waals surface area contributed by atoms with Gasteiger partial charge in [0.25, 0.3) is 15.7 Å². The Balaban J connectivity index is 2.32. The molecule has 2 rings (SSSR count). The summed E-state index contributed by atoms with van der Waals surface area (Å²) in [6, 6.07) is 9.16. The van der Waals surface area contributed by atoms with Gasteiger partial charge < -0.3 is 10.1 Å². The van der Waals surface area contributed by atoms with Gasteiger partial charge in [0.15, 0.2) is 0 Å². The van der Waals surface area contributed by atoms with E-state index in [4.69, 9.17) is 4.74 Å². The molecule has 0 saturated carbocycles. The van der Waals surface area contributed by atoms with Crippen LogP contribution in [-0.2, 0) is 10.0 Å². The zero-order valence-electron chi connectivity index (χ0n) is 15.6. The fourth-order valence-corrected chi connectivity index (χ4v) is 3.91. The van der Waals surface area contributed by atoms with Gasteiger partial charge in [-0.2, -0.15) is 0 Å². The maximum atomic E-state index is 12.7. The van der Waals surface area contributed by atoms with E-state index in [1.807, 2.05) is 34.2 Å². The number of hydrogen-bond donors (Lipinski definition) is 2. The van der Waals surface area contributed by atoms with Gasteiger partial charge in [0, 0.05) is 18.7 Å². The van der Waals surface area contributed by atoms with Gasteiger partial charge in [0.1, 0.15) is 16.4 Å². The molecule has 156 valence electrons. The Morgan fingerprint density at radius 2 is 1.90 bits per heavy atom. The Bertz CT molecular complexity index is 997. The number of para-hydroxylation sites is 1. The molecule has 0 heterocycles. The fraction of sp³-hybridized carbons (Fsp3) is 0.278. The molecule has 0 aromatic heterocycles. The number of nitro benzene ring substituents is 1. The number of urea groups is 1. The van der Waals surface area contributed by atoms with Crippen molar-refractivity contribution in [2.75, 3.05) is 6.54 Å². The highest BCUT2D eigenvalue weighted by molar-refractivity contribution is 14.1. The number of nitrogens with one attached hydrogen (secondary N) is 2. The van der Waals surface area contributed by atoms with Gasteiger partial charge in [-0.25, -0.2) is 17.9 Å². The summed E-state index contributed by atoms with van der Waals surface area (Å²) < 4.78 is 33.7. The first-order chi connectivity index (χ1) is 13.7. The Hall–Kier alpha value is -2.41. The molecule has 0 atom stereocenters. The van der Waals surface area contributed by atoms with Crippen molar-refractivity contribution in [3.8, 4) is 11.5 Å². The fourth-order valence-electron chi connectivity index (χ4n) is 2.34. The quantitative estimate of drug-likeness (QED) is 0.216. The summed E-state index contributed by atoms with van der Waals surface area (Å²) in [4.78, 5) is 21.8. The van der Waals surface area contributed by atoms with Gasteiger partial charge in [-0.1, -0.05) is 31.9 Å². The van der Waals surface area contributed by atoms with Crippen molar-refractivity contribution < 1.29 is 22.9 Å². The molecular formula is C18H20IN3O6S. The summed E-state index contributed by atoms with van der Waals surface area (Å²) in [6.07, 6.45) is 2.56.